The normalized spacial score (nSPS) is 30.9. The lowest BCUT2D eigenvalue weighted by atomic mass is 9.80. The number of alkyl halides is 1. The number of hydrogen-bond donors (Lipinski definition) is 0. The van der Waals surface area contributed by atoms with Crippen molar-refractivity contribution in [1.82, 2.24) is 9.88 Å². The van der Waals surface area contributed by atoms with Gasteiger partial charge in [0.05, 0.1) is 23.2 Å². The fourth-order valence-electron chi connectivity index (χ4n) is 3.83. The molecule has 2 aliphatic heterocycles. The van der Waals surface area contributed by atoms with Crippen LogP contribution < -0.4 is 0 Å². The second-order valence-corrected chi connectivity index (χ2v) is 8.85. The largest absolute Gasteiger partial charge is 0.371 e. The van der Waals surface area contributed by atoms with E-state index >= 15 is 0 Å². The predicted molar refractivity (Wildman–Crippen MR) is 91.6 cm³/mol. The molecular weight excluding hydrogens is 327 g/mol. The molecule has 1 unspecified atom stereocenters. The summed E-state index contributed by atoms with van der Waals surface area (Å²) in [4.78, 5) is 18.6. The second kappa shape index (κ2) is 6.30. The Morgan fingerprint density at radius 2 is 2.25 bits per heavy atom. The summed E-state index contributed by atoms with van der Waals surface area (Å²) in [5.74, 6) is 1.07. The van der Waals surface area contributed by atoms with Crippen LogP contribution in [-0.2, 0) is 16.1 Å². The molecule has 1 amide bonds. The van der Waals surface area contributed by atoms with E-state index in [9.17, 15) is 9.18 Å². The molecule has 1 saturated carbocycles. The molecule has 1 spiro atoms. The van der Waals surface area contributed by atoms with Crippen molar-refractivity contribution in [2.24, 2.45) is 5.92 Å². The average molecular weight is 350 g/mol. The highest BCUT2D eigenvalue weighted by Crippen LogP contribution is 2.47. The summed E-state index contributed by atoms with van der Waals surface area (Å²) in [5.41, 5.74) is 1.98. The Bertz CT molecular complexity index is 629. The molecule has 0 aromatic carbocycles. The Kier molecular flexibility index (Phi) is 4.29. The van der Waals surface area contributed by atoms with Crippen LogP contribution in [0.1, 0.15) is 30.7 Å². The van der Waals surface area contributed by atoms with Gasteiger partial charge in [0.1, 0.15) is 6.17 Å². The number of thioether (sulfide) groups is 1. The molecule has 6 heteroatoms. The summed E-state index contributed by atoms with van der Waals surface area (Å²) in [5, 5.41) is 0. The van der Waals surface area contributed by atoms with E-state index in [1.54, 1.807) is 0 Å². The quantitative estimate of drug-likeness (QED) is 0.837. The van der Waals surface area contributed by atoms with Gasteiger partial charge in [-0.25, -0.2) is 4.39 Å². The van der Waals surface area contributed by atoms with Crippen molar-refractivity contribution in [3.05, 3.63) is 29.6 Å². The smallest absolute Gasteiger partial charge is 0.225 e. The standard InChI is InChI=1S/C18H23FN2O2S/c1-12-3-2-4-15(20-12)8-23-16-7-18(24-9-16)10-21(11-18)17(22)13-5-14(19)6-13/h2-4,13-14,16H,5-11H2,1H3. The first kappa shape index (κ1) is 16.3. The van der Waals surface area contributed by atoms with Gasteiger partial charge in [-0.1, -0.05) is 6.07 Å². The lowest BCUT2D eigenvalue weighted by Crippen LogP contribution is -2.62. The van der Waals surface area contributed by atoms with Crippen molar-refractivity contribution in [1.29, 1.82) is 0 Å². The van der Waals surface area contributed by atoms with E-state index in [1.165, 1.54) is 0 Å². The van der Waals surface area contributed by atoms with Gasteiger partial charge in [0.15, 0.2) is 0 Å². The van der Waals surface area contributed by atoms with Gasteiger partial charge in [-0.3, -0.25) is 9.78 Å². The maximum Gasteiger partial charge on any atom is 0.225 e. The van der Waals surface area contributed by atoms with Crippen LogP contribution in [0.15, 0.2) is 18.2 Å². The Balaban J connectivity index is 1.23. The first-order valence-electron chi connectivity index (χ1n) is 8.64. The second-order valence-electron chi connectivity index (χ2n) is 7.36. The molecule has 3 aliphatic rings. The van der Waals surface area contributed by atoms with Gasteiger partial charge in [-0.05, 0) is 38.3 Å². The minimum atomic E-state index is -0.761. The third-order valence-corrected chi connectivity index (χ3v) is 6.86. The molecule has 2 saturated heterocycles. The van der Waals surface area contributed by atoms with Crippen LogP contribution >= 0.6 is 11.8 Å². The van der Waals surface area contributed by atoms with Gasteiger partial charge >= 0.3 is 0 Å². The summed E-state index contributed by atoms with van der Waals surface area (Å²) in [6.45, 7) is 4.13. The number of aryl methyl sites for hydroxylation is 1. The molecule has 0 radical (unpaired) electrons. The first-order valence-corrected chi connectivity index (χ1v) is 9.62. The van der Waals surface area contributed by atoms with Crippen LogP contribution in [-0.4, -0.2) is 51.7 Å². The van der Waals surface area contributed by atoms with E-state index in [-0.39, 0.29) is 22.7 Å². The zero-order valence-electron chi connectivity index (χ0n) is 13.9. The Morgan fingerprint density at radius 3 is 2.96 bits per heavy atom. The van der Waals surface area contributed by atoms with E-state index < -0.39 is 6.17 Å². The number of likely N-dealkylation sites (tertiary alicyclic amines) is 1. The van der Waals surface area contributed by atoms with Gasteiger partial charge in [-0.2, -0.15) is 0 Å². The van der Waals surface area contributed by atoms with Crippen LogP contribution in [0.3, 0.4) is 0 Å². The van der Waals surface area contributed by atoms with Gasteiger partial charge in [0.2, 0.25) is 5.91 Å². The number of rotatable bonds is 4. The SMILES string of the molecule is Cc1cccc(COC2CSC3(C2)CN(C(=O)C2CC(F)C2)C3)n1. The van der Waals surface area contributed by atoms with Gasteiger partial charge in [0.25, 0.3) is 0 Å². The monoisotopic (exact) mass is 350 g/mol. The van der Waals surface area contributed by atoms with Crippen LogP contribution in [0, 0.1) is 12.8 Å². The van der Waals surface area contributed by atoms with Crippen LogP contribution in [0.4, 0.5) is 4.39 Å². The lowest BCUT2D eigenvalue weighted by Gasteiger charge is -2.49. The van der Waals surface area contributed by atoms with E-state index in [2.05, 4.69) is 4.98 Å². The van der Waals surface area contributed by atoms with Crippen molar-refractivity contribution < 1.29 is 13.9 Å². The number of aromatic nitrogens is 1. The van der Waals surface area contributed by atoms with E-state index in [0.29, 0.717) is 19.4 Å². The third kappa shape index (κ3) is 3.18. The molecule has 1 atom stereocenters. The fraction of sp³-hybridized carbons (Fsp3) is 0.667. The number of hydrogen-bond acceptors (Lipinski definition) is 4. The van der Waals surface area contributed by atoms with Gasteiger partial charge in [0, 0.05) is 30.5 Å². The van der Waals surface area contributed by atoms with Crippen LogP contribution in [0.5, 0.6) is 0 Å². The third-order valence-electron chi connectivity index (χ3n) is 5.29. The maximum absolute atomic E-state index is 12.9. The number of ether oxygens (including phenoxy) is 1. The summed E-state index contributed by atoms with van der Waals surface area (Å²) in [7, 11) is 0. The number of pyridine rings is 1. The molecule has 0 bridgehead atoms. The van der Waals surface area contributed by atoms with Crippen LogP contribution in [0.2, 0.25) is 0 Å². The minimum Gasteiger partial charge on any atom is -0.371 e. The molecular formula is C18H23FN2O2S. The topological polar surface area (TPSA) is 42.4 Å². The highest BCUT2D eigenvalue weighted by molar-refractivity contribution is 8.01. The molecule has 1 aliphatic carbocycles. The summed E-state index contributed by atoms with van der Waals surface area (Å²) in [6, 6.07) is 5.98. The van der Waals surface area contributed by atoms with E-state index in [0.717, 1.165) is 36.7 Å². The highest BCUT2D eigenvalue weighted by Gasteiger charge is 2.52. The molecule has 1 aromatic heterocycles. The molecule has 3 heterocycles. The highest BCUT2D eigenvalue weighted by atomic mass is 32.2. The zero-order valence-corrected chi connectivity index (χ0v) is 14.7. The Labute approximate surface area is 146 Å². The Morgan fingerprint density at radius 1 is 1.46 bits per heavy atom. The number of nitrogens with zero attached hydrogens (tertiary/aromatic N) is 2. The first-order chi connectivity index (χ1) is 11.5. The zero-order chi connectivity index (χ0) is 16.7. The average Bonchev–Trinajstić information content (AvgIpc) is 2.92. The lowest BCUT2D eigenvalue weighted by molar-refractivity contribution is -0.146. The molecule has 4 nitrogen and oxygen atoms in total. The molecule has 130 valence electrons. The Hall–Kier alpha value is -1.14. The maximum atomic E-state index is 12.9. The van der Waals surface area contributed by atoms with Gasteiger partial charge < -0.3 is 9.64 Å². The van der Waals surface area contributed by atoms with Crippen molar-refractivity contribution in [3.63, 3.8) is 0 Å². The van der Waals surface area contributed by atoms with Crippen molar-refractivity contribution >= 4 is 17.7 Å². The fourth-order valence-corrected chi connectivity index (χ4v) is 5.38. The van der Waals surface area contributed by atoms with Crippen molar-refractivity contribution in [2.75, 3.05) is 18.8 Å². The molecule has 1 aromatic rings. The van der Waals surface area contributed by atoms with Crippen molar-refractivity contribution in [3.8, 4) is 0 Å². The number of carbonyl (C=O) groups excluding carboxylic acids is 1. The summed E-state index contributed by atoms with van der Waals surface area (Å²) >= 11 is 1.92. The predicted octanol–water partition coefficient (Wildman–Crippen LogP) is 2.74. The minimum absolute atomic E-state index is 0.0665. The number of amides is 1. The molecule has 24 heavy (non-hydrogen) atoms. The molecule has 3 fully saturated rings. The van der Waals surface area contributed by atoms with E-state index in [1.807, 2.05) is 41.8 Å². The van der Waals surface area contributed by atoms with Gasteiger partial charge in [-0.15, -0.1) is 11.8 Å². The van der Waals surface area contributed by atoms with E-state index in [4.69, 9.17) is 4.74 Å². The summed E-state index contributed by atoms with van der Waals surface area (Å²) < 4.78 is 19.1. The summed E-state index contributed by atoms with van der Waals surface area (Å²) in [6.07, 6.45) is 1.30. The van der Waals surface area contributed by atoms with Crippen molar-refractivity contribution in [2.45, 2.75) is 49.8 Å². The number of carbonyl (C=O) groups is 1. The number of halogens is 1. The molecule has 4 rings (SSSR count). The molecule has 0 N–H and O–H groups in total. The van der Waals surface area contributed by atoms with Crippen LogP contribution in [0.25, 0.3) is 0 Å².